The molecule has 1 aliphatic rings. The van der Waals surface area contributed by atoms with Crippen molar-refractivity contribution in [1.29, 1.82) is 0 Å². The van der Waals surface area contributed by atoms with Crippen LogP contribution in [0.15, 0.2) is 71.7 Å². The largest absolute Gasteiger partial charge is 0.493 e. The molecule has 0 radical (unpaired) electrons. The minimum atomic E-state index is -0.379. The van der Waals surface area contributed by atoms with Gasteiger partial charge in [0.1, 0.15) is 11.4 Å². The lowest BCUT2D eigenvalue weighted by molar-refractivity contribution is -0.120. The SMILES string of the molecule is CC(C)COc1ccc(N2C(=O)C(Nc3ccc(N(C)C)cc3)=C(c3cccs3)C2=O)cc1. The van der Waals surface area contributed by atoms with Crippen molar-refractivity contribution in [2.45, 2.75) is 13.8 Å². The predicted molar refractivity (Wildman–Crippen MR) is 135 cm³/mol. The molecule has 0 saturated carbocycles. The fraction of sp³-hybridized carbons (Fsp3) is 0.231. The molecule has 0 spiro atoms. The second-order valence-corrected chi connectivity index (χ2v) is 9.39. The van der Waals surface area contributed by atoms with Crippen molar-refractivity contribution in [3.8, 4) is 5.75 Å². The van der Waals surface area contributed by atoms with E-state index in [4.69, 9.17) is 4.74 Å². The zero-order chi connectivity index (χ0) is 23.5. The van der Waals surface area contributed by atoms with E-state index in [1.165, 1.54) is 16.2 Å². The highest BCUT2D eigenvalue weighted by atomic mass is 32.1. The number of ether oxygens (including phenoxy) is 1. The van der Waals surface area contributed by atoms with Crippen LogP contribution in [-0.4, -0.2) is 32.5 Å². The molecule has 7 heteroatoms. The zero-order valence-electron chi connectivity index (χ0n) is 19.2. The molecule has 0 fully saturated rings. The first-order valence-corrected chi connectivity index (χ1v) is 11.7. The summed E-state index contributed by atoms with van der Waals surface area (Å²) in [6.45, 7) is 4.76. The first-order chi connectivity index (χ1) is 15.8. The Balaban J connectivity index is 1.64. The Morgan fingerprint density at radius 1 is 0.970 bits per heavy atom. The smallest absolute Gasteiger partial charge is 0.282 e. The first kappa shape index (κ1) is 22.6. The van der Waals surface area contributed by atoms with E-state index in [2.05, 4.69) is 19.2 Å². The van der Waals surface area contributed by atoms with Gasteiger partial charge in [0.15, 0.2) is 0 Å². The maximum absolute atomic E-state index is 13.5. The lowest BCUT2D eigenvalue weighted by atomic mass is 10.1. The quantitative estimate of drug-likeness (QED) is 0.465. The van der Waals surface area contributed by atoms with Crippen LogP contribution in [0.1, 0.15) is 18.7 Å². The van der Waals surface area contributed by atoms with E-state index in [1.54, 1.807) is 24.3 Å². The molecule has 1 aliphatic heterocycles. The standard InChI is InChI=1S/C26H27N3O3S/c1-17(2)16-32-21-13-11-20(12-14-21)29-25(30)23(22-6-5-15-33-22)24(26(29)31)27-18-7-9-19(10-8-18)28(3)4/h5-15,17,27H,16H2,1-4H3. The molecule has 170 valence electrons. The molecule has 0 unspecified atom stereocenters. The summed E-state index contributed by atoms with van der Waals surface area (Å²) in [5, 5.41) is 5.10. The fourth-order valence-corrected chi connectivity index (χ4v) is 4.24. The fourth-order valence-electron chi connectivity index (χ4n) is 3.47. The van der Waals surface area contributed by atoms with Gasteiger partial charge < -0.3 is 15.0 Å². The van der Waals surface area contributed by atoms with E-state index in [-0.39, 0.29) is 17.5 Å². The Hall–Kier alpha value is -3.58. The van der Waals surface area contributed by atoms with E-state index in [0.29, 0.717) is 29.5 Å². The van der Waals surface area contributed by atoms with Crippen LogP contribution in [0.5, 0.6) is 5.75 Å². The number of anilines is 3. The lowest BCUT2D eigenvalue weighted by Crippen LogP contribution is -2.32. The van der Waals surface area contributed by atoms with Gasteiger partial charge in [-0.1, -0.05) is 19.9 Å². The summed E-state index contributed by atoms with van der Waals surface area (Å²) < 4.78 is 5.73. The van der Waals surface area contributed by atoms with Crippen LogP contribution in [-0.2, 0) is 9.59 Å². The summed E-state index contributed by atoms with van der Waals surface area (Å²) >= 11 is 1.43. The molecule has 1 aromatic heterocycles. The zero-order valence-corrected chi connectivity index (χ0v) is 20.0. The number of thiophene rings is 1. The predicted octanol–water partition coefficient (Wildman–Crippen LogP) is 5.25. The van der Waals surface area contributed by atoms with Gasteiger partial charge in [-0.15, -0.1) is 11.3 Å². The third kappa shape index (κ3) is 4.78. The van der Waals surface area contributed by atoms with Crippen LogP contribution < -0.4 is 19.9 Å². The molecule has 2 heterocycles. The number of hydrogen-bond acceptors (Lipinski definition) is 6. The number of carbonyl (C=O) groups is 2. The number of nitrogens with one attached hydrogen (secondary N) is 1. The Morgan fingerprint density at radius 3 is 2.24 bits per heavy atom. The Labute approximate surface area is 198 Å². The summed E-state index contributed by atoms with van der Waals surface area (Å²) in [5.74, 6) is 0.392. The van der Waals surface area contributed by atoms with Crippen molar-refractivity contribution < 1.29 is 14.3 Å². The van der Waals surface area contributed by atoms with Crippen molar-refractivity contribution in [1.82, 2.24) is 0 Å². The van der Waals surface area contributed by atoms with Gasteiger partial charge in [-0.25, -0.2) is 4.90 Å². The van der Waals surface area contributed by atoms with Crippen molar-refractivity contribution in [2.75, 3.05) is 35.8 Å². The summed E-state index contributed by atoms with van der Waals surface area (Å²) in [4.78, 5) is 30.9. The lowest BCUT2D eigenvalue weighted by Gasteiger charge is -2.17. The average molecular weight is 462 g/mol. The van der Waals surface area contributed by atoms with Gasteiger partial charge >= 0.3 is 0 Å². The third-order valence-corrected chi connectivity index (χ3v) is 6.07. The van der Waals surface area contributed by atoms with Gasteiger partial charge in [0.2, 0.25) is 0 Å². The molecular weight excluding hydrogens is 434 g/mol. The van der Waals surface area contributed by atoms with Gasteiger partial charge in [0, 0.05) is 30.3 Å². The number of carbonyl (C=O) groups excluding carboxylic acids is 2. The van der Waals surface area contributed by atoms with Crippen LogP contribution in [0.25, 0.3) is 5.57 Å². The van der Waals surface area contributed by atoms with Gasteiger partial charge in [-0.2, -0.15) is 0 Å². The molecule has 0 bridgehead atoms. The Bertz CT molecular complexity index is 1160. The summed E-state index contributed by atoms with van der Waals surface area (Å²) in [6.07, 6.45) is 0. The number of nitrogens with zero attached hydrogens (tertiary/aromatic N) is 2. The molecule has 3 aromatic rings. The van der Waals surface area contributed by atoms with Crippen LogP contribution in [0.3, 0.4) is 0 Å². The summed E-state index contributed by atoms with van der Waals surface area (Å²) in [5.41, 5.74) is 2.95. The molecule has 2 amide bonds. The molecule has 0 atom stereocenters. The van der Waals surface area contributed by atoms with Crippen molar-refractivity contribution in [2.24, 2.45) is 5.92 Å². The summed E-state index contributed by atoms with van der Waals surface area (Å²) in [7, 11) is 3.94. The molecule has 0 aliphatic carbocycles. The minimum absolute atomic E-state index is 0.278. The normalized spacial score (nSPS) is 13.8. The summed E-state index contributed by atoms with van der Waals surface area (Å²) in [6, 6.07) is 18.5. The Kier molecular flexibility index (Phi) is 6.51. The number of imide groups is 1. The second-order valence-electron chi connectivity index (χ2n) is 8.44. The maximum atomic E-state index is 13.5. The van der Waals surface area contributed by atoms with Crippen molar-refractivity contribution >= 4 is 45.8 Å². The number of amides is 2. The number of rotatable bonds is 8. The molecule has 4 rings (SSSR count). The number of benzene rings is 2. The molecule has 2 aromatic carbocycles. The van der Waals surface area contributed by atoms with Crippen molar-refractivity contribution in [3.63, 3.8) is 0 Å². The van der Waals surface area contributed by atoms with Crippen LogP contribution in [0, 0.1) is 5.92 Å². The molecule has 33 heavy (non-hydrogen) atoms. The minimum Gasteiger partial charge on any atom is -0.493 e. The molecular formula is C26H27N3O3S. The Morgan fingerprint density at radius 2 is 1.67 bits per heavy atom. The second kappa shape index (κ2) is 9.50. The average Bonchev–Trinajstić information content (AvgIpc) is 3.40. The topological polar surface area (TPSA) is 61.9 Å². The van der Waals surface area contributed by atoms with Crippen LogP contribution >= 0.6 is 11.3 Å². The van der Waals surface area contributed by atoms with Crippen molar-refractivity contribution in [3.05, 3.63) is 76.6 Å². The van der Waals surface area contributed by atoms with Crippen LogP contribution in [0.2, 0.25) is 0 Å². The maximum Gasteiger partial charge on any atom is 0.282 e. The van der Waals surface area contributed by atoms with Gasteiger partial charge in [0.25, 0.3) is 11.8 Å². The van der Waals surface area contributed by atoms with E-state index < -0.39 is 0 Å². The third-order valence-electron chi connectivity index (χ3n) is 5.18. The molecule has 1 N–H and O–H groups in total. The highest BCUT2D eigenvalue weighted by molar-refractivity contribution is 7.11. The van der Waals surface area contributed by atoms with Crippen LogP contribution in [0.4, 0.5) is 17.1 Å². The van der Waals surface area contributed by atoms with E-state index in [0.717, 1.165) is 16.3 Å². The highest BCUT2D eigenvalue weighted by Gasteiger charge is 2.40. The van der Waals surface area contributed by atoms with Gasteiger partial charge in [0.05, 0.1) is 17.9 Å². The van der Waals surface area contributed by atoms with E-state index in [9.17, 15) is 9.59 Å². The highest BCUT2D eigenvalue weighted by Crippen LogP contribution is 2.36. The van der Waals surface area contributed by atoms with Gasteiger partial charge in [-0.3, -0.25) is 9.59 Å². The number of hydrogen-bond donors (Lipinski definition) is 1. The van der Waals surface area contributed by atoms with E-state index >= 15 is 0 Å². The van der Waals surface area contributed by atoms with E-state index in [1.807, 2.05) is 60.8 Å². The monoisotopic (exact) mass is 461 g/mol. The van der Waals surface area contributed by atoms with Gasteiger partial charge in [-0.05, 0) is 65.9 Å². The molecule has 6 nitrogen and oxygen atoms in total. The first-order valence-electron chi connectivity index (χ1n) is 10.8. The molecule has 0 saturated heterocycles.